The minimum atomic E-state index is -4.41. The maximum Gasteiger partial charge on any atom is 0.417 e. The Morgan fingerprint density at radius 2 is 2.00 bits per heavy atom. The first kappa shape index (κ1) is 26.1. The number of amides is 1. The molecule has 7 nitrogen and oxygen atoms in total. The molecule has 1 saturated heterocycles. The van der Waals surface area contributed by atoms with Crippen LogP contribution in [-0.4, -0.2) is 45.9 Å². The van der Waals surface area contributed by atoms with Crippen LogP contribution in [0.25, 0.3) is 11.3 Å². The van der Waals surface area contributed by atoms with E-state index in [1.807, 2.05) is 12.1 Å². The van der Waals surface area contributed by atoms with E-state index >= 15 is 0 Å². The molecule has 5 rings (SSSR count). The lowest BCUT2D eigenvalue weighted by Gasteiger charge is -2.26. The minimum Gasteiger partial charge on any atom is -0.410 e. The Kier molecular flexibility index (Phi) is 7.64. The number of alkyl halides is 4. The number of aromatic amines is 1. The molecule has 2 aromatic heterocycles. The summed E-state index contributed by atoms with van der Waals surface area (Å²) in [4.78, 5) is 17.7. The number of hydrogen-bond acceptors (Lipinski definition) is 5. The minimum absolute atomic E-state index is 0.133. The van der Waals surface area contributed by atoms with E-state index in [0.717, 1.165) is 54.0 Å². The van der Waals surface area contributed by atoms with Gasteiger partial charge in [0.15, 0.2) is 0 Å². The number of nitrogens with zero attached hydrogens (tertiary/aromatic N) is 3. The van der Waals surface area contributed by atoms with Crippen LogP contribution in [0.1, 0.15) is 41.6 Å². The Labute approximate surface area is 217 Å². The van der Waals surface area contributed by atoms with Gasteiger partial charge in [0, 0.05) is 54.1 Å². The summed E-state index contributed by atoms with van der Waals surface area (Å²) in [5, 5.41) is 9.98. The highest BCUT2D eigenvalue weighted by molar-refractivity contribution is 5.74. The van der Waals surface area contributed by atoms with E-state index in [4.69, 9.17) is 4.74 Å². The van der Waals surface area contributed by atoms with Gasteiger partial charge in [-0.3, -0.25) is 19.4 Å². The number of fused-ring (bicyclic) bond motifs is 1. The van der Waals surface area contributed by atoms with Crippen LogP contribution in [0.2, 0.25) is 0 Å². The molecule has 1 amide bonds. The number of hydrogen-bond donors (Lipinski definition) is 2. The molecule has 0 aliphatic carbocycles. The molecule has 4 heterocycles. The van der Waals surface area contributed by atoms with Crippen LogP contribution in [0.4, 0.5) is 22.4 Å². The van der Waals surface area contributed by atoms with Gasteiger partial charge >= 0.3 is 12.3 Å². The molecule has 38 heavy (non-hydrogen) atoms. The first-order chi connectivity index (χ1) is 18.3. The van der Waals surface area contributed by atoms with Crippen LogP contribution < -0.4 is 10.1 Å². The average molecular weight is 532 g/mol. The molecule has 202 valence electrons. The summed E-state index contributed by atoms with van der Waals surface area (Å²) in [6.45, 7) is 1.96. The summed E-state index contributed by atoms with van der Waals surface area (Å²) in [6, 6.07) is 8.08. The fraction of sp³-hybridized carbons (Fsp3) is 0.444. The maximum absolute atomic E-state index is 14.2. The standard InChI is InChI=1S/C27H29F4N5O2/c28-11-20-15-36(9-1-2-17(20)3-6-23-7-5-22(14-32-23)27(29,30)31)16-21-13-34-35-25(21)18-4-8-24-19(10-18)12-33-26(37)38-24/h4-5,7-8,10,13-14,17,20H,1-3,6,9,11-12,15-16H2,(H,33,37)(H,34,35)/t17?,20-/m1/s1. The van der Waals surface area contributed by atoms with E-state index in [-0.39, 0.29) is 11.8 Å². The van der Waals surface area contributed by atoms with Crippen molar-refractivity contribution >= 4 is 6.09 Å². The quantitative estimate of drug-likeness (QED) is 0.392. The SMILES string of the molecule is O=C1NCc2cc(-c3[nH]ncc3CN3CCCC(CCc4ccc(C(F)(F)F)cn4)[C@H](CF)C3)ccc2O1. The molecule has 0 radical (unpaired) electrons. The first-order valence-electron chi connectivity index (χ1n) is 12.7. The number of ether oxygens (including phenoxy) is 1. The second-order valence-corrected chi connectivity index (χ2v) is 9.96. The number of carbonyl (C=O) groups is 1. The number of rotatable bonds is 7. The van der Waals surface area contributed by atoms with Gasteiger partial charge < -0.3 is 10.1 Å². The van der Waals surface area contributed by atoms with Crippen LogP contribution in [0.15, 0.2) is 42.7 Å². The number of benzene rings is 1. The van der Waals surface area contributed by atoms with E-state index in [1.54, 1.807) is 12.3 Å². The summed E-state index contributed by atoms with van der Waals surface area (Å²) < 4.78 is 57.8. The van der Waals surface area contributed by atoms with Gasteiger partial charge in [-0.05, 0) is 68.5 Å². The molecule has 1 fully saturated rings. The van der Waals surface area contributed by atoms with Gasteiger partial charge in [0.1, 0.15) is 5.75 Å². The molecule has 11 heteroatoms. The molecule has 1 aromatic carbocycles. The van der Waals surface area contributed by atoms with Crippen LogP contribution in [0.3, 0.4) is 0 Å². The Balaban J connectivity index is 1.22. The molecular formula is C27H29F4N5O2. The normalized spacial score (nSPS) is 20.4. The third-order valence-electron chi connectivity index (χ3n) is 7.42. The number of halogens is 4. The van der Waals surface area contributed by atoms with Crippen LogP contribution in [0.5, 0.6) is 5.75 Å². The summed E-state index contributed by atoms with van der Waals surface area (Å²) >= 11 is 0. The Morgan fingerprint density at radius 1 is 1.13 bits per heavy atom. The van der Waals surface area contributed by atoms with Crippen LogP contribution >= 0.6 is 0 Å². The zero-order chi connectivity index (χ0) is 26.7. The van der Waals surface area contributed by atoms with E-state index < -0.39 is 24.5 Å². The third-order valence-corrected chi connectivity index (χ3v) is 7.42. The molecule has 0 spiro atoms. The second-order valence-electron chi connectivity index (χ2n) is 9.96. The zero-order valence-electron chi connectivity index (χ0n) is 20.7. The van der Waals surface area contributed by atoms with Crippen molar-refractivity contribution < 1.29 is 27.1 Å². The number of likely N-dealkylation sites (tertiary alicyclic amines) is 1. The molecular weight excluding hydrogens is 502 g/mol. The average Bonchev–Trinajstić information content (AvgIpc) is 3.27. The molecule has 1 unspecified atom stereocenters. The number of H-pyrrole nitrogens is 1. The predicted molar refractivity (Wildman–Crippen MR) is 132 cm³/mol. The van der Waals surface area contributed by atoms with Gasteiger partial charge in [-0.2, -0.15) is 18.3 Å². The van der Waals surface area contributed by atoms with E-state index in [9.17, 15) is 22.4 Å². The molecule has 3 aromatic rings. The molecule has 2 aliphatic rings. The highest BCUT2D eigenvalue weighted by atomic mass is 19.4. The molecule has 2 atom stereocenters. The van der Waals surface area contributed by atoms with Crippen molar-refractivity contribution in [2.75, 3.05) is 19.8 Å². The topological polar surface area (TPSA) is 83.1 Å². The van der Waals surface area contributed by atoms with E-state index in [1.165, 1.54) is 6.07 Å². The zero-order valence-corrected chi connectivity index (χ0v) is 20.7. The molecule has 0 bridgehead atoms. The maximum atomic E-state index is 14.2. The predicted octanol–water partition coefficient (Wildman–Crippen LogP) is 5.52. The van der Waals surface area contributed by atoms with Crippen molar-refractivity contribution in [2.24, 2.45) is 11.8 Å². The van der Waals surface area contributed by atoms with Crippen molar-refractivity contribution in [1.29, 1.82) is 0 Å². The van der Waals surface area contributed by atoms with Crippen LogP contribution in [0, 0.1) is 11.8 Å². The Morgan fingerprint density at radius 3 is 2.76 bits per heavy atom. The molecule has 2 aliphatic heterocycles. The molecule has 2 N–H and O–H groups in total. The highest BCUT2D eigenvalue weighted by Gasteiger charge is 2.31. The van der Waals surface area contributed by atoms with Crippen molar-refractivity contribution in [3.63, 3.8) is 0 Å². The third kappa shape index (κ3) is 5.98. The lowest BCUT2D eigenvalue weighted by Crippen LogP contribution is -2.31. The van der Waals surface area contributed by atoms with Gasteiger partial charge in [0.05, 0.1) is 24.1 Å². The van der Waals surface area contributed by atoms with Crippen molar-refractivity contribution in [1.82, 2.24) is 25.4 Å². The summed E-state index contributed by atoms with van der Waals surface area (Å²) in [5.41, 5.74) is 3.50. The fourth-order valence-corrected chi connectivity index (χ4v) is 5.35. The van der Waals surface area contributed by atoms with Crippen molar-refractivity contribution in [2.45, 2.75) is 44.9 Å². The van der Waals surface area contributed by atoms with Crippen LogP contribution in [-0.2, 0) is 25.7 Å². The number of aromatic nitrogens is 3. The highest BCUT2D eigenvalue weighted by Crippen LogP contribution is 2.33. The van der Waals surface area contributed by atoms with Gasteiger partial charge in [-0.25, -0.2) is 4.79 Å². The van der Waals surface area contributed by atoms with Gasteiger partial charge in [0.2, 0.25) is 0 Å². The fourth-order valence-electron chi connectivity index (χ4n) is 5.35. The van der Waals surface area contributed by atoms with Gasteiger partial charge in [-0.15, -0.1) is 0 Å². The Hall–Kier alpha value is -3.47. The monoisotopic (exact) mass is 531 g/mol. The number of pyridine rings is 1. The summed E-state index contributed by atoms with van der Waals surface area (Å²) in [6.07, 6.45) is 0.756. The van der Waals surface area contributed by atoms with Gasteiger partial charge in [-0.1, -0.05) is 0 Å². The number of aryl methyl sites for hydroxylation is 1. The Bertz CT molecular complexity index is 1260. The van der Waals surface area contributed by atoms with E-state index in [0.29, 0.717) is 43.9 Å². The largest absolute Gasteiger partial charge is 0.417 e. The van der Waals surface area contributed by atoms with Crippen molar-refractivity contribution in [3.8, 4) is 17.0 Å². The second kappa shape index (κ2) is 11.1. The van der Waals surface area contributed by atoms with E-state index in [2.05, 4.69) is 25.4 Å². The first-order valence-corrected chi connectivity index (χ1v) is 12.7. The lowest BCUT2D eigenvalue weighted by atomic mass is 9.86. The molecule has 0 saturated carbocycles. The number of nitrogens with one attached hydrogen (secondary N) is 2. The number of carbonyl (C=O) groups excluding carboxylic acids is 1. The smallest absolute Gasteiger partial charge is 0.410 e. The van der Waals surface area contributed by atoms with Gasteiger partial charge in [0.25, 0.3) is 0 Å². The lowest BCUT2D eigenvalue weighted by molar-refractivity contribution is -0.137. The summed E-state index contributed by atoms with van der Waals surface area (Å²) in [5.74, 6) is 0.509. The van der Waals surface area contributed by atoms with Crippen molar-refractivity contribution in [3.05, 3.63) is 65.1 Å². The summed E-state index contributed by atoms with van der Waals surface area (Å²) in [7, 11) is 0.